The van der Waals surface area contributed by atoms with Gasteiger partial charge in [-0.05, 0) is 23.8 Å². The van der Waals surface area contributed by atoms with Crippen molar-refractivity contribution in [3.8, 4) is 0 Å². The second kappa shape index (κ2) is 26.1. The van der Waals surface area contributed by atoms with Gasteiger partial charge in [0, 0.05) is 0 Å². The van der Waals surface area contributed by atoms with Crippen LogP contribution < -0.4 is 42.0 Å². The molecule has 0 radical (unpaired) electrons. The van der Waals surface area contributed by atoms with Crippen LogP contribution in [0.4, 0.5) is 0 Å². The van der Waals surface area contributed by atoms with Crippen molar-refractivity contribution in [2.45, 2.75) is 0 Å². The second-order valence-electron chi connectivity index (χ2n) is 13.0. The molecule has 60 heavy (non-hydrogen) atoms. The van der Waals surface area contributed by atoms with Crippen LogP contribution in [-0.4, -0.2) is 36.1 Å². The molecule has 0 N–H and O–H groups in total. The fourth-order valence-electron chi connectivity index (χ4n) is 6.54. The quantitative estimate of drug-likeness (QED) is 0.106. The number of hydrogen-bond donors (Lipinski definition) is 0. The average molecular weight is 1010 g/mol. The minimum atomic E-state index is -1.39. The fourth-order valence-corrected chi connectivity index (χ4v) is 18.5. The number of benzene rings is 9. The van der Waals surface area contributed by atoms with Crippen LogP contribution in [0.1, 0.15) is 4.28 Å². The van der Waals surface area contributed by atoms with E-state index in [-0.39, 0.29) is 23.8 Å². The van der Waals surface area contributed by atoms with E-state index < -0.39 is 37.2 Å². The summed E-state index contributed by atoms with van der Waals surface area (Å²) in [5.41, 5.74) is 0. The molecule has 5 heteroatoms. The van der Waals surface area contributed by atoms with Gasteiger partial charge >= 0.3 is 257 Å². The van der Waals surface area contributed by atoms with E-state index in [1.807, 2.05) is 6.79 Å². The molecule has 0 spiro atoms. The zero-order valence-corrected chi connectivity index (χ0v) is 39.6. The van der Waals surface area contributed by atoms with Crippen LogP contribution in [0.3, 0.4) is 0 Å². The van der Waals surface area contributed by atoms with Crippen LogP contribution in [0, 0.1) is 0 Å². The molecule has 0 saturated heterocycles. The molecule has 0 aliphatic heterocycles. The summed E-state index contributed by atoms with van der Waals surface area (Å²) in [6, 6.07) is 97.7. The Morgan fingerprint density at radius 1 is 0.250 bits per heavy atom. The predicted molar refractivity (Wildman–Crippen MR) is 264 cm³/mol. The summed E-state index contributed by atoms with van der Waals surface area (Å²) in [6.45, 7) is 2.00. The third-order valence-corrected chi connectivity index (χ3v) is 21.8. The van der Waals surface area contributed by atoms with E-state index in [0.29, 0.717) is 0 Å². The Labute approximate surface area is 384 Å². The van der Waals surface area contributed by atoms with Gasteiger partial charge in [0.15, 0.2) is 0 Å². The Kier molecular flexibility index (Phi) is 20.0. The molecule has 0 aliphatic carbocycles. The molecule has 0 unspecified atom stereocenters. The van der Waals surface area contributed by atoms with Gasteiger partial charge in [0.25, 0.3) is 0 Å². The Balaban J connectivity index is 0.000000309. The van der Waals surface area contributed by atoms with Gasteiger partial charge in [-0.3, -0.25) is 0 Å². The first-order valence-corrected chi connectivity index (χ1v) is 26.5. The van der Waals surface area contributed by atoms with E-state index in [9.17, 15) is 0 Å². The van der Waals surface area contributed by atoms with Crippen molar-refractivity contribution >= 4 is 86.0 Å². The van der Waals surface area contributed by atoms with Crippen LogP contribution in [0.15, 0.2) is 273 Å². The Morgan fingerprint density at radius 3 is 0.533 bits per heavy atom. The fraction of sp³-hybridized carbons (Fsp3) is 0. The number of carbonyl (C=O) groups excluding carboxylic acids is 1. The van der Waals surface area contributed by atoms with Crippen molar-refractivity contribution in [2.75, 3.05) is 0 Å². The molecule has 0 amide bonds. The first-order chi connectivity index (χ1) is 29.3. The third kappa shape index (κ3) is 13.4. The third-order valence-electron chi connectivity index (χ3n) is 9.13. The second-order valence-corrected chi connectivity index (χ2v) is 24.6. The van der Waals surface area contributed by atoms with E-state index in [1.165, 1.54) is 42.0 Å². The van der Waals surface area contributed by atoms with E-state index in [2.05, 4.69) is 273 Å². The van der Waals surface area contributed by atoms with Gasteiger partial charge in [-0.2, -0.15) is 0 Å². The van der Waals surface area contributed by atoms with Gasteiger partial charge in [-0.1, -0.05) is 91.0 Å². The van der Waals surface area contributed by atoms with Gasteiger partial charge in [0.05, 0.1) is 0 Å². The summed E-state index contributed by atoms with van der Waals surface area (Å²) < 4.78 is 8.87. The number of carbonyl (C=O) groups is 1. The molecule has 0 aromatic heterocycles. The maximum atomic E-state index is 8.00. The normalized spacial score (nSPS) is 10.1. The topological polar surface area (TPSA) is 17.1 Å². The molecule has 0 bridgehead atoms. The zero-order valence-electron chi connectivity index (χ0n) is 36.3. The predicted octanol–water partition coefficient (Wildman–Crippen LogP) is 8.00. The minimum absolute atomic E-state index is 0. The molecule has 9 aromatic rings. The van der Waals surface area contributed by atoms with Gasteiger partial charge in [0.1, 0.15) is 6.79 Å². The summed E-state index contributed by atoms with van der Waals surface area (Å²) in [5, 5.41) is 4.19. The molecule has 0 heterocycles. The number of hydrogen-bond acceptors (Lipinski definition) is 1. The van der Waals surface area contributed by atoms with Gasteiger partial charge in [-0.25, -0.2) is 0 Å². The maximum absolute atomic E-state index is 8.00. The Bertz CT molecular complexity index is 1910. The van der Waals surface area contributed by atoms with Crippen molar-refractivity contribution in [2.24, 2.45) is 0 Å². The average Bonchev–Trinajstić information content (AvgIpc) is 3.34. The first-order valence-electron chi connectivity index (χ1n) is 19.5. The standard InChI is InChI=1S/2C18H15As.C18H15P.CH2O.Rh.3H/c3*1-4-10-16(11-5-1)19(17-12-6-2-7-13-17)18-14-8-3-9-15-18;1-2;;;;/h3*1-15H;1H2;;;;/q;;;;+3;3*-1. The van der Waals surface area contributed by atoms with E-state index in [1.54, 1.807) is 0 Å². The summed E-state index contributed by atoms with van der Waals surface area (Å²) in [4.78, 5) is 8.00. The molecule has 0 saturated carbocycles. The zero-order chi connectivity index (χ0) is 40.7. The molecular formula is C55H50As2OPRh. The molecule has 300 valence electrons. The summed E-state index contributed by atoms with van der Waals surface area (Å²) >= 11 is -2.78. The molecule has 0 aliphatic rings. The van der Waals surface area contributed by atoms with Gasteiger partial charge < -0.3 is 9.07 Å². The summed E-state index contributed by atoms with van der Waals surface area (Å²) in [5.74, 6) is 0. The van der Waals surface area contributed by atoms with Crippen molar-refractivity contribution in [1.29, 1.82) is 0 Å². The molecular weight excluding hydrogens is 960 g/mol. The van der Waals surface area contributed by atoms with Crippen LogP contribution in [0.5, 0.6) is 0 Å². The van der Waals surface area contributed by atoms with E-state index >= 15 is 0 Å². The molecule has 9 rings (SSSR count). The number of rotatable bonds is 9. The van der Waals surface area contributed by atoms with Crippen LogP contribution >= 0.6 is 7.92 Å². The van der Waals surface area contributed by atoms with E-state index in [4.69, 9.17) is 4.79 Å². The van der Waals surface area contributed by atoms with E-state index in [0.717, 1.165) is 0 Å². The molecule has 0 atom stereocenters. The molecule has 9 aromatic carbocycles. The summed E-state index contributed by atoms with van der Waals surface area (Å²) in [7, 11) is -0.446. The monoisotopic (exact) mass is 1010 g/mol. The molecule has 0 fully saturated rings. The van der Waals surface area contributed by atoms with Gasteiger partial charge in [0.2, 0.25) is 0 Å². The summed E-state index contributed by atoms with van der Waals surface area (Å²) in [6.07, 6.45) is 0. The first kappa shape index (κ1) is 45.9. The van der Waals surface area contributed by atoms with Crippen molar-refractivity contribution in [3.63, 3.8) is 0 Å². The van der Waals surface area contributed by atoms with Crippen LogP contribution in [-0.2, 0) is 24.3 Å². The Hall–Kier alpha value is -5.18. The van der Waals surface area contributed by atoms with Gasteiger partial charge in [-0.15, -0.1) is 0 Å². The van der Waals surface area contributed by atoms with Crippen molar-refractivity contribution in [1.82, 2.24) is 0 Å². The van der Waals surface area contributed by atoms with Crippen molar-refractivity contribution in [3.05, 3.63) is 273 Å². The van der Waals surface area contributed by atoms with Crippen molar-refractivity contribution < 1.29 is 28.6 Å². The van der Waals surface area contributed by atoms with Crippen LogP contribution in [0.2, 0.25) is 0 Å². The molecule has 1 nitrogen and oxygen atoms in total. The van der Waals surface area contributed by atoms with Crippen LogP contribution in [0.25, 0.3) is 0 Å². The Morgan fingerprint density at radius 2 is 0.383 bits per heavy atom. The SMILES string of the molecule is C=O.[H-].[H-].[H-].[Rh+3].c1ccc(P(c2ccccc2)c2ccccc2)cc1.c1ccc([As](c2ccccc2)c2ccccc2)cc1.c1ccc([As](c2ccccc2)c2ccccc2)cc1.